The van der Waals surface area contributed by atoms with Crippen molar-refractivity contribution < 1.29 is 4.42 Å². The molecule has 0 amide bonds. The van der Waals surface area contributed by atoms with Crippen molar-refractivity contribution in [1.82, 2.24) is 0 Å². The summed E-state index contributed by atoms with van der Waals surface area (Å²) in [7, 11) is 0. The second-order valence-electron chi connectivity index (χ2n) is 3.07. The van der Waals surface area contributed by atoms with E-state index in [1.54, 1.807) is 6.26 Å². The fourth-order valence-corrected chi connectivity index (χ4v) is 1.70. The average Bonchev–Trinajstić information content (AvgIpc) is 2.65. The van der Waals surface area contributed by atoms with Crippen LogP contribution in [0.15, 0.2) is 51.7 Å². The lowest BCUT2D eigenvalue weighted by atomic mass is 10.0. The van der Waals surface area contributed by atoms with Gasteiger partial charge in [-0.05, 0) is 27.6 Å². The van der Waals surface area contributed by atoms with Crippen molar-refractivity contribution >= 4 is 15.9 Å². The summed E-state index contributed by atoms with van der Waals surface area (Å²) in [4.78, 5) is 0. The highest BCUT2D eigenvalue weighted by Gasteiger charge is 2.10. The third-order valence-corrected chi connectivity index (χ3v) is 2.52. The number of hydrogen-bond donors (Lipinski definition) is 1. The first-order valence-corrected chi connectivity index (χ1v) is 5.11. The third kappa shape index (κ3) is 1.89. The first kappa shape index (κ1) is 9.49. The molecule has 1 aromatic heterocycles. The smallest absolute Gasteiger partial charge is 0.169 e. The van der Waals surface area contributed by atoms with Crippen LogP contribution < -0.4 is 5.73 Å². The molecule has 1 unspecified atom stereocenters. The first-order valence-electron chi connectivity index (χ1n) is 4.32. The molecule has 1 heterocycles. The fourth-order valence-electron chi connectivity index (χ4n) is 1.34. The Morgan fingerprint density at radius 3 is 2.43 bits per heavy atom. The Bertz CT molecular complexity index is 410. The Kier molecular flexibility index (Phi) is 2.70. The van der Waals surface area contributed by atoms with Crippen LogP contribution in [-0.2, 0) is 0 Å². The monoisotopic (exact) mass is 251 g/mol. The van der Waals surface area contributed by atoms with E-state index in [0.717, 1.165) is 11.1 Å². The summed E-state index contributed by atoms with van der Waals surface area (Å²) in [6, 6.07) is 11.7. The summed E-state index contributed by atoms with van der Waals surface area (Å²) in [6.07, 6.45) is 1.67. The van der Waals surface area contributed by atoms with E-state index in [9.17, 15) is 0 Å². The predicted molar refractivity (Wildman–Crippen MR) is 58.9 cm³/mol. The Labute approximate surface area is 90.9 Å². The van der Waals surface area contributed by atoms with Gasteiger partial charge >= 0.3 is 0 Å². The minimum Gasteiger partial charge on any atom is -0.457 e. The number of furan rings is 1. The van der Waals surface area contributed by atoms with Crippen LogP contribution in [0.25, 0.3) is 0 Å². The van der Waals surface area contributed by atoms with Gasteiger partial charge in [-0.3, -0.25) is 0 Å². The van der Waals surface area contributed by atoms with Gasteiger partial charge in [-0.1, -0.05) is 30.3 Å². The van der Waals surface area contributed by atoms with Crippen LogP contribution >= 0.6 is 15.9 Å². The molecule has 3 heteroatoms. The minimum absolute atomic E-state index is 0.119. The van der Waals surface area contributed by atoms with Crippen LogP contribution in [0.2, 0.25) is 0 Å². The topological polar surface area (TPSA) is 39.2 Å². The highest BCUT2D eigenvalue weighted by Crippen LogP contribution is 2.23. The van der Waals surface area contributed by atoms with Crippen molar-refractivity contribution in [3.05, 3.63) is 58.5 Å². The molecule has 72 valence electrons. The Morgan fingerprint density at radius 2 is 1.86 bits per heavy atom. The number of nitrogens with two attached hydrogens (primary N) is 1. The second kappa shape index (κ2) is 3.98. The summed E-state index contributed by atoms with van der Waals surface area (Å²) < 4.78 is 5.85. The van der Waals surface area contributed by atoms with Gasteiger partial charge in [0.05, 0.1) is 12.3 Å². The molecular weight excluding hydrogens is 242 g/mol. The molecule has 14 heavy (non-hydrogen) atoms. The maximum absolute atomic E-state index is 6.05. The predicted octanol–water partition coefficient (Wildman–Crippen LogP) is 3.09. The lowest BCUT2D eigenvalue weighted by Gasteiger charge is -2.08. The highest BCUT2D eigenvalue weighted by atomic mass is 79.9. The van der Waals surface area contributed by atoms with Gasteiger partial charge in [-0.2, -0.15) is 0 Å². The van der Waals surface area contributed by atoms with Gasteiger partial charge in [-0.15, -0.1) is 0 Å². The van der Waals surface area contributed by atoms with Crippen LogP contribution in [0, 0.1) is 0 Å². The zero-order chi connectivity index (χ0) is 9.97. The normalized spacial score (nSPS) is 12.7. The maximum Gasteiger partial charge on any atom is 0.169 e. The molecule has 0 aliphatic rings. The number of benzene rings is 1. The molecule has 0 radical (unpaired) electrons. The number of rotatable bonds is 2. The van der Waals surface area contributed by atoms with Crippen LogP contribution in [0.3, 0.4) is 0 Å². The van der Waals surface area contributed by atoms with Crippen molar-refractivity contribution in [2.45, 2.75) is 6.04 Å². The highest BCUT2D eigenvalue weighted by molar-refractivity contribution is 9.10. The van der Waals surface area contributed by atoms with Crippen molar-refractivity contribution in [1.29, 1.82) is 0 Å². The van der Waals surface area contributed by atoms with E-state index in [-0.39, 0.29) is 6.04 Å². The summed E-state index contributed by atoms with van der Waals surface area (Å²) in [5.74, 6) is 0. The van der Waals surface area contributed by atoms with Gasteiger partial charge in [0.2, 0.25) is 0 Å². The van der Waals surface area contributed by atoms with E-state index in [2.05, 4.69) is 15.9 Å². The summed E-state index contributed by atoms with van der Waals surface area (Å²) >= 11 is 3.25. The van der Waals surface area contributed by atoms with Crippen LogP contribution in [0.5, 0.6) is 0 Å². The van der Waals surface area contributed by atoms with Gasteiger partial charge in [0, 0.05) is 5.56 Å². The van der Waals surface area contributed by atoms with E-state index in [1.165, 1.54) is 0 Å². The fraction of sp³-hybridized carbons (Fsp3) is 0.0909. The lowest BCUT2D eigenvalue weighted by Crippen LogP contribution is -2.10. The van der Waals surface area contributed by atoms with Crippen molar-refractivity contribution in [3.8, 4) is 0 Å². The minimum atomic E-state index is -0.119. The van der Waals surface area contributed by atoms with E-state index >= 15 is 0 Å². The van der Waals surface area contributed by atoms with E-state index in [4.69, 9.17) is 10.2 Å². The van der Waals surface area contributed by atoms with E-state index in [0.29, 0.717) is 4.67 Å². The molecule has 2 N–H and O–H groups in total. The van der Waals surface area contributed by atoms with Crippen molar-refractivity contribution in [3.63, 3.8) is 0 Å². The van der Waals surface area contributed by atoms with Gasteiger partial charge in [0.25, 0.3) is 0 Å². The zero-order valence-corrected chi connectivity index (χ0v) is 9.07. The number of halogens is 1. The molecule has 0 spiro atoms. The van der Waals surface area contributed by atoms with Crippen LogP contribution in [-0.4, -0.2) is 0 Å². The first-order chi connectivity index (χ1) is 6.77. The second-order valence-corrected chi connectivity index (χ2v) is 3.85. The van der Waals surface area contributed by atoms with Crippen LogP contribution in [0.4, 0.5) is 0 Å². The average molecular weight is 252 g/mol. The van der Waals surface area contributed by atoms with Gasteiger partial charge in [0.15, 0.2) is 4.67 Å². The lowest BCUT2D eigenvalue weighted by molar-refractivity contribution is 0.537. The van der Waals surface area contributed by atoms with E-state index in [1.807, 2.05) is 36.4 Å². The van der Waals surface area contributed by atoms with E-state index < -0.39 is 0 Å². The SMILES string of the molecule is NC(c1ccccc1)c1coc(Br)c1. The summed E-state index contributed by atoms with van der Waals surface area (Å²) in [6.45, 7) is 0. The molecule has 0 saturated heterocycles. The molecule has 0 aliphatic heterocycles. The molecule has 1 atom stereocenters. The largest absolute Gasteiger partial charge is 0.457 e. The Morgan fingerprint density at radius 1 is 1.14 bits per heavy atom. The molecule has 2 nitrogen and oxygen atoms in total. The molecule has 0 aliphatic carbocycles. The third-order valence-electron chi connectivity index (χ3n) is 2.11. The molecular formula is C11H10BrNO. The molecule has 2 rings (SSSR count). The molecule has 1 aromatic carbocycles. The standard InChI is InChI=1S/C11H10BrNO/c12-10-6-9(7-14-10)11(13)8-4-2-1-3-5-8/h1-7,11H,13H2. The molecule has 2 aromatic rings. The maximum atomic E-state index is 6.05. The quantitative estimate of drug-likeness (QED) is 0.891. The molecule has 0 bridgehead atoms. The summed E-state index contributed by atoms with van der Waals surface area (Å²) in [5, 5.41) is 0. The molecule has 0 saturated carbocycles. The van der Waals surface area contributed by atoms with Gasteiger partial charge < -0.3 is 10.2 Å². The zero-order valence-electron chi connectivity index (χ0n) is 7.48. The summed E-state index contributed by atoms with van der Waals surface area (Å²) in [5.41, 5.74) is 8.11. The Hall–Kier alpha value is -1.06. The Balaban J connectivity index is 2.29. The van der Waals surface area contributed by atoms with Crippen LogP contribution in [0.1, 0.15) is 17.2 Å². The van der Waals surface area contributed by atoms with Gasteiger partial charge in [0.1, 0.15) is 0 Å². The van der Waals surface area contributed by atoms with Crippen molar-refractivity contribution in [2.24, 2.45) is 5.73 Å². The van der Waals surface area contributed by atoms with Crippen molar-refractivity contribution in [2.75, 3.05) is 0 Å². The van der Waals surface area contributed by atoms with Gasteiger partial charge in [-0.25, -0.2) is 0 Å². The number of hydrogen-bond acceptors (Lipinski definition) is 2. The molecule has 0 fully saturated rings.